The molecule has 1 fully saturated rings. The monoisotopic (exact) mass is 557 g/mol. The van der Waals surface area contributed by atoms with Crippen molar-refractivity contribution in [2.24, 2.45) is 0 Å². The quantitative estimate of drug-likeness (QED) is 0.436. The Morgan fingerprint density at radius 2 is 1.76 bits per heavy atom. The number of imidazole rings is 1. The Bertz CT molecular complexity index is 1420. The van der Waals surface area contributed by atoms with E-state index in [1.165, 1.54) is 12.3 Å². The van der Waals surface area contributed by atoms with Crippen LogP contribution in [-0.2, 0) is 10.0 Å². The van der Waals surface area contributed by atoms with Crippen molar-refractivity contribution in [2.45, 2.75) is 38.1 Å². The molecule has 2 aromatic heterocycles. The van der Waals surface area contributed by atoms with Crippen LogP contribution in [0.4, 0.5) is 29.2 Å². The predicted molar refractivity (Wildman–Crippen MR) is 131 cm³/mol. The molecular weight excluding hydrogens is 530 g/mol. The largest absolute Gasteiger partial charge is 0.573 e. The van der Waals surface area contributed by atoms with Crippen LogP contribution in [0.5, 0.6) is 5.75 Å². The van der Waals surface area contributed by atoms with Crippen LogP contribution in [-0.4, -0.2) is 76.7 Å². The molecule has 1 aliphatic heterocycles. The van der Waals surface area contributed by atoms with E-state index >= 15 is 0 Å². The number of piperazine rings is 1. The molecule has 0 spiro atoms. The zero-order chi connectivity index (χ0) is 27.8. The van der Waals surface area contributed by atoms with Crippen molar-refractivity contribution in [1.82, 2.24) is 28.7 Å². The highest BCUT2D eigenvalue weighted by molar-refractivity contribution is 7.89. The molecule has 0 aliphatic carbocycles. The van der Waals surface area contributed by atoms with Crippen LogP contribution in [0.1, 0.15) is 25.7 Å². The zero-order valence-corrected chi connectivity index (χ0v) is 21.9. The molecule has 0 bridgehead atoms. The second-order valence-corrected chi connectivity index (χ2v) is 11.0. The Hall–Kier alpha value is -3.30. The number of rotatable bonds is 7. The van der Waals surface area contributed by atoms with E-state index in [9.17, 15) is 26.0 Å². The van der Waals surface area contributed by atoms with Gasteiger partial charge in [0, 0.05) is 44.0 Å². The molecule has 1 saturated heterocycles. The summed E-state index contributed by atoms with van der Waals surface area (Å²) < 4.78 is 87.6. The first-order valence-corrected chi connectivity index (χ1v) is 13.1. The van der Waals surface area contributed by atoms with E-state index in [-0.39, 0.29) is 36.5 Å². The van der Waals surface area contributed by atoms with E-state index in [4.69, 9.17) is 0 Å². The third kappa shape index (κ3) is 5.89. The number of sulfonamides is 1. The van der Waals surface area contributed by atoms with Gasteiger partial charge in [0.15, 0.2) is 11.6 Å². The number of nitrogens with zero attached hydrogens (tertiary/aromatic N) is 6. The van der Waals surface area contributed by atoms with E-state index in [2.05, 4.69) is 25.0 Å². The summed E-state index contributed by atoms with van der Waals surface area (Å²) in [5.74, 6) is -1.10. The van der Waals surface area contributed by atoms with Gasteiger partial charge < -0.3 is 19.5 Å². The minimum absolute atomic E-state index is 0.00711. The van der Waals surface area contributed by atoms with Gasteiger partial charge in [-0.1, -0.05) is 0 Å². The third-order valence-electron chi connectivity index (χ3n) is 5.99. The van der Waals surface area contributed by atoms with Crippen molar-refractivity contribution in [3.8, 4) is 17.1 Å². The van der Waals surface area contributed by atoms with E-state index < -0.39 is 32.8 Å². The highest BCUT2D eigenvalue weighted by Crippen LogP contribution is 2.35. The molecule has 1 aromatic carbocycles. The zero-order valence-electron chi connectivity index (χ0n) is 21.1. The van der Waals surface area contributed by atoms with Gasteiger partial charge in [-0.15, -0.1) is 13.2 Å². The van der Waals surface area contributed by atoms with Gasteiger partial charge in [0.2, 0.25) is 16.0 Å². The lowest BCUT2D eigenvalue weighted by Crippen LogP contribution is -2.47. The van der Waals surface area contributed by atoms with Gasteiger partial charge in [-0.2, -0.15) is 4.31 Å². The minimum atomic E-state index is -5.14. The average Bonchev–Trinajstić information content (AvgIpc) is 3.21. The first kappa shape index (κ1) is 27.7. The molecule has 15 heteroatoms. The molecule has 1 N–H and O–H groups in total. The number of aryl methyl sites for hydroxylation is 1. The fourth-order valence-electron chi connectivity index (χ4n) is 4.19. The number of halogens is 4. The Kier molecular flexibility index (Phi) is 7.63. The Labute approximate surface area is 217 Å². The Balaban J connectivity index is 1.69. The summed E-state index contributed by atoms with van der Waals surface area (Å²) in [7, 11) is -2.45. The van der Waals surface area contributed by atoms with Gasteiger partial charge in [0.25, 0.3) is 0 Å². The first-order chi connectivity index (χ1) is 17.8. The first-order valence-electron chi connectivity index (χ1n) is 11.7. The van der Waals surface area contributed by atoms with Crippen molar-refractivity contribution in [1.29, 1.82) is 0 Å². The van der Waals surface area contributed by atoms with Crippen LogP contribution in [0.15, 0.2) is 35.5 Å². The predicted octanol–water partition coefficient (Wildman–Crippen LogP) is 3.95. The molecule has 3 heterocycles. The average molecular weight is 558 g/mol. The number of benzene rings is 1. The summed E-state index contributed by atoms with van der Waals surface area (Å²) in [6.45, 7) is 6.70. The topological polar surface area (TPSA) is 105 Å². The molecular formula is C23H27F4N7O3S. The molecule has 1 aliphatic rings. The number of hydrogen-bond donors (Lipinski definition) is 1. The maximum atomic E-state index is 14.7. The highest BCUT2D eigenvalue weighted by atomic mass is 32.2. The van der Waals surface area contributed by atoms with E-state index in [1.54, 1.807) is 11.5 Å². The van der Waals surface area contributed by atoms with Crippen molar-refractivity contribution in [3.63, 3.8) is 0 Å². The number of hydrogen-bond acceptors (Lipinski definition) is 8. The Morgan fingerprint density at radius 3 is 2.39 bits per heavy atom. The standard InChI is InChI=1S/C23H27F4N7O3S/c1-14(2)34-15(3)28-13-18(34)21-17(24)12-29-22(31-21)30-16-5-6-20(19(11-16)37-23(25,26)27)38(35,36)33-9-7-32(4)8-10-33/h5-6,11-14H,7-10H2,1-4H3,(H,29,30,31). The van der Waals surface area contributed by atoms with Crippen LogP contribution in [0.3, 0.4) is 0 Å². The number of ether oxygens (including phenoxy) is 1. The molecule has 3 aromatic rings. The van der Waals surface area contributed by atoms with Crippen molar-refractivity contribution in [3.05, 3.63) is 42.2 Å². The number of alkyl halides is 3. The summed E-state index contributed by atoms with van der Waals surface area (Å²) in [6, 6.07) is 3.14. The maximum Gasteiger partial charge on any atom is 0.573 e. The van der Waals surface area contributed by atoms with Gasteiger partial charge in [-0.3, -0.25) is 0 Å². The fraction of sp³-hybridized carbons (Fsp3) is 0.435. The van der Waals surface area contributed by atoms with Crippen LogP contribution >= 0.6 is 0 Å². The van der Waals surface area contributed by atoms with Gasteiger partial charge in [-0.05, 0) is 40.0 Å². The molecule has 0 unspecified atom stereocenters. The summed E-state index contributed by atoms with van der Waals surface area (Å²) in [4.78, 5) is 13.6. The molecule has 0 atom stereocenters. The lowest BCUT2D eigenvalue weighted by molar-refractivity contribution is -0.275. The van der Waals surface area contributed by atoms with Gasteiger partial charge in [0.05, 0.1) is 18.1 Å². The number of likely N-dealkylation sites (N-methyl/N-ethyl adjacent to an activating group) is 1. The van der Waals surface area contributed by atoms with Crippen LogP contribution < -0.4 is 10.1 Å². The smallest absolute Gasteiger partial charge is 0.404 e. The molecule has 206 valence electrons. The summed E-state index contributed by atoms with van der Waals surface area (Å²) in [5, 5.41) is 2.71. The van der Waals surface area contributed by atoms with Gasteiger partial charge in [-0.25, -0.2) is 27.8 Å². The Morgan fingerprint density at radius 1 is 1.08 bits per heavy atom. The third-order valence-corrected chi connectivity index (χ3v) is 7.93. The number of aromatic nitrogens is 4. The number of nitrogens with one attached hydrogen (secondary N) is 1. The van der Waals surface area contributed by atoms with Crippen LogP contribution in [0.2, 0.25) is 0 Å². The van der Waals surface area contributed by atoms with Crippen LogP contribution in [0, 0.1) is 12.7 Å². The normalized spacial score (nSPS) is 15.7. The van der Waals surface area contributed by atoms with E-state index in [0.29, 0.717) is 24.6 Å². The molecule has 10 nitrogen and oxygen atoms in total. The van der Waals surface area contributed by atoms with E-state index in [0.717, 1.165) is 22.6 Å². The minimum Gasteiger partial charge on any atom is -0.404 e. The molecule has 4 rings (SSSR count). The second kappa shape index (κ2) is 10.5. The molecule has 38 heavy (non-hydrogen) atoms. The van der Waals surface area contributed by atoms with Crippen molar-refractivity contribution >= 4 is 21.7 Å². The fourth-order valence-corrected chi connectivity index (χ4v) is 5.70. The maximum absolute atomic E-state index is 14.7. The molecule has 0 radical (unpaired) electrons. The van der Waals surface area contributed by atoms with E-state index in [1.807, 2.05) is 25.8 Å². The second-order valence-electron chi connectivity index (χ2n) is 9.09. The van der Waals surface area contributed by atoms with Gasteiger partial charge in [0.1, 0.15) is 16.4 Å². The molecule has 0 saturated carbocycles. The number of anilines is 2. The summed E-state index contributed by atoms with van der Waals surface area (Å²) >= 11 is 0. The molecule has 0 amide bonds. The van der Waals surface area contributed by atoms with Gasteiger partial charge >= 0.3 is 6.36 Å². The summed E-state index contributed by atoms with van der Waals surface area (Å²) in [6.07, 6.45) is -2.74. The van der Waals surface area contributed by atoms with Crippen molar-refractivity contribution in [2.75, 3.05) is 38.5 Å². The lowest BCUT2D eigenvalue weighted by Gasteiger charge is -2.32. The SMILES string of the molecule is Cc1ncc(-c2nc(Nc3ccc(S(=O)(=O)N4CCN(C)CC4)c(OC(F)(F)F)c3)ncc2F)n1C(C)C. The summed E-state index contributed by atoms with van der Waals surface area (Å²) in [5.41, 5.74) is 0.348. The lowest BCUT2D eigenvalue weighted by atomic mass is 10.2. The highest BCUT2D eigenvalue weighted by Gasteiger charge is 2.36. The van der Waals surface area contributed by atoms with Crippen molar-refractivity contribution < 1.29 is 30.7 Å². The van der Waals surface area contributed by atoms with Crippen LogP contribution in [0.25, 0.3) is 11.4 Å².